The Morgan fingerprint density at radius 1 is 0.0917 bits per heavy atom. The molecule has 0 spiro atoms. The Kier molecular flexibility index (Phi) is 21.2. The van der Waals surface area contributed by atoms with Crippen LogP contribution in [-0.2, 0) is 0 Å². The van der Waals surface area contributed by atoms with Crippen molar-refractivity contribution in [1.29, 1.82) is 0 Å². The van der Waals surface area contributed by atoms with E-state index in [1.54, 1.807) is 0 Å². The van der Waals surface area contributed by atoms with Gasteiger partial charge in [0.15, 0.2) is 46.6 Å². The quantitative estimate of drug-likeness (QED) is 0.0819. The van der Waals surface area contributed by atoms with Gasteiger partial charge in [0.05, 0.1) is 22.8 Å². The normalized spacial score (nSPS) is 11.0. The van der Waals surface area contributed by atoms with Crippen LogP contribution >= 0.6 is 0 Å². The second-order valence-electron chi connectivity index (χ2n) is 29.0. The van der Waals surface area contributed by atoms with Crippen LogP contribution in [0.25, 0.3) is 203 Å². The minimum Gasteiger partial charge on any atom is -0.228 e. The van der Waals surface area contributed by atoms with Crippen molar-refractivity contribution in [3.05, 3.63) is 449 Å². The van der Waals surface area contributed by atoms with E-state index in [2.05, 4.69) is 279 Å². The molecule has 10 nitrogen and oxygen atoms in total. The number of benzene rings is 16. The van der Waals surface area contributed by atoms with Crippen LogP contribution in [0.1, 0.15) is 0 Å². The lowest BCUT2D eigenvalue weighted by atomic mass is 9.91. The molecule has 20 aromatic rings. The van der Waals surface area contributed by atoms with Gasteiger partial charge >= 0.3 is 0 Å². The smallest absolute Gasteiger partial charge is 0.164 e. The summed E-state index contributed by atoms with van der Waals surface area (Å²) in [4.78, 5) is 50.7. The fraction of sp³-hybridized carbons (Fsp3) is 0. The summed E-state index contributed by atoms with van der Waals surface area (Å²) in [7, 11) is 0. The van der Waals surface area contributed by atoms with E-state index in [1.165, 1.54) is 16.7 Å². The Morgan fingerprint density at radius 3 is 0.608 bits per heavy atom. The highest BCUT2D eigenvalue weighted by Crippen LogP contribution is 2.41. The molecule has 4 heterocycles. The third-order valence-electron chi connectivity index (χ3n) is 21.2. The van der Waals surface area contributed by atoms with Crippen LogP contribution in [-0.4, -0.2) is 49.8 Å². The minimum atomic E-state index is 0.596. The number of nitrogens with zero attached hydrogens (tertiary/aromatic N) is 10. The first-order valence-corrected chi connectivity index (χ1v) is 40.0. The van der Waals surface area contributed by atoms with Crippen molar-refractivity contribution in [2.75, 3.05) is 0 Å². The number of hydrogen-bond donors (Lipinski definition) is 0. The summed E-state index contributed by atoms with van der Waals surface area (Å²) in [5, 5.41) is 0. The Bertz CT molecular complexity index is 6870. The molecule has 0 aliphatic rings. The zero-order valence-corrected chi connectivity index (χ0v) is 65.2. The molecule has 0 atom stereocenters. The Hall–Kier alpha value is -16.3. The monoisotopic (exact) mass is 1530 g/mol. The molecule has 20 rings (SSSR count). The molecule has 0 saturated carbocycles. The van der Waals surface area contributed by atoms with Crippen LogP contribution in [0.2, 0.25) is 0 Å². The Morgan fingerprint density at radius 2 is 0.275 bits per heavy atom. The molecule has 10 heteroatoms. The van der Waals surface area contributed by atoms with Gasteiger partial charge in [-0.25, -0.2) is 49.8 Å². The molecular formula is C110H74N10. The molecule has 0 saturated heterocycles. The maximum atomic E-state index is 5.23. The fourth-order valence-corrected chi connectivity index (χ4v) is 15.1. The van der Waals surface area contributed by atoms with Gasteiger partial charge in [0.2, 0.25) is 0 Å². The van der Waals surface area contributed by atoms with Crippen LogP contribution < -0.4 is 0 Å². The summed E-state index contributed by atoms with van der Waals surface area (Å²) in [6, 6.07) is 154. The molecule has 0 amide bonds. The summed E-state index contributed by atoms with van der Waals surface area (Å²) < 4.78 is 0. The molecule has 0 bridgehead atoms. The SMILES string of the molecule is c1ccc(-c2cc(-c3cccc(-c4cccc(-c5nc(-c6ccccc6)nc(-c6ccccc6)n5)c4)c3)nc(-c3ccc(-c4ccccc4-c4ccccc4)cc3)n2)cc1.c1ccc(-c2cc(-c3cccc(-c4cccc(-c5nc(-c6ccccc6)nc(-c6ccccc6-c6ccccc6-c6ccccc6)n5)c4)c3)nc(-c3ccccc3)n2)cc1. The second kappa shape index (κ2) is 34.4. The van der Waals surface area contributed by atoms with Crippen molar-refractivity contribution in [2.45, 2.75) is 0 Å². The van der Waals surface area contributed by atoms with Crippen LogP contribution in [0.15, 0.2) is 449 Å². The van der Waals surface area contributed by atoms with E-state index in [0.717, 1.165) is 140 Å². The summed E-state index contributed by atoms with van der Waals surface area (Å²) >= 11 is 0. The van der Waals surface area contributed by atoms with Crippen molar-refractivity contribution in [3.8, 4) is 203 Å². The maximum absolute atomic E-state index is 5.23. The number of aromatic nitrogens is 10. The van der Waals surface area contributed by atoms with E-state index in [0.29, 0.717) is 46.6 Å². The summed E-state index contributed by atoms with van der Waals surface area (Å²) in [5.41, 5.74) is 28.3. The molecule has 0 radical (unpaired) electrons. The third-order valence-corrected chi connectivity index (χ3v) is 21.2. The van der Waals surface area contributed by atoms with Crippen molar-refractivity contribution in [3.63, 3.8) is 0 Å². The maximum Gasteiger partial charge on any atom is 0.164 e. The largest absolute Gasteiger partial charge is 0.228 e. The zero-order chi connectivity index (χ0) is 80.2. The summed E-state index contributed by atoms with van der Waals surface area (Å²) in [6.07, 6.45) is 0. The van der Waals surface area contributed by atoms with Crippen LogP contribution in [0, 0.1) is 0 Å². The van der Waals surface area contributed by atoms with Crippen LogP contribution in [0.3, 0.4) is 0 Å². The summed E-state index contributed by atoms with van der Waals surface area (Å²) in [6.45, 7) is 0. The zero-order valence-electron chi connectivity index (χ0n) is 65.2. The molecular weight excluding hydrogens is 1460 g/mol. The molecule has 0 aliphatic carbocycles. The molecule has 16 aromatic carbocycles. The van der Waals surface area contributed by atoms with Crippen molar-refractivity contribution in [2.24, 2.45) is 0 Å². The Labute approximate surface area is 697 Å². The lowest BCUT2D eigenvalue weighted by molar-refractivity contribution is 1.07. The molecule has 0 N–H and O–H groups in total. The molecule has 4 aromatic heterocycles. The number of rotatable bonds is 18. The van der Waals surface area contributed by atoms with Gasteiger partial charge in [-0.1, -0.05) is 413 Å². The van der Waals surface area contributed by atoms with Crippen LogP contribution in [0.5, 0.6) is 0 Å². The first kappa shape index (κ1) is 73.8. The predicted molar refractivity (Wildman–Crippen MR) is 489 cm³/mol. The van der Waals surface area contributed by atoms with Gasteiger partial charge in [0, 0.05) is 66.8 Å². The number of hydrogen-bond acceptors (Lipinski definition) is 10. The average molecular weight is 1540 g/mol. The molecule has 0 fully saturated rings. The van der Waals surface area contributed by atoms with Gasteiger partial charge in [-0.05, 0) is 103 Å². The lowest BCUT2D eigenvalue weighted by Gasteiger charge is -2.15. The van der Waals surface area contributed by atoms with E-state index >= 15 is 0 Å². The lowest BCUT2D eigenvalue weighted by Crippen LogP contribution is -2.01. The topological polar surface area (TPSA) is 129 Å². The summed E-state index contributed by atoms with van der Waals surface area (Å²) in [5.74, 6) is 5.05. The van der Waals surface area contributed by atoms with Crippen LogP contribution in [0.4, 0.5) is 0 Å². The fourth-order valence-electron chi connectivity index (χ4n) is 15.1. The first-order chi connectivity index (χ1) is 59.4. The van der Waals surface area contributed by atoms with E-state index in [1.807, 2.05) is 170 Å². The third kappa shape index (κ3) is 16.4. The van der Waals surface area contributed by atoms with Gasteiger partial charge in [-0.15, -0.1) is 0 Å². The second-order valence-corrected chi connectivity index (χ2v) is 29.0. The highest BCUT2D eigenvalue weighted by molar-refractivity contribution is 5.92. The van der Waals surface area contributed by atoms with Gasteiger partial charge in [0.25, 0.3) is 0 Å². The van der Waals surface area contributed by atoms with E-state index in [9.17, 15) is 0 Å². The van der Waals surface area contributed by atoms with E-state index in [4.69, 9.17) is 49.8 Å². The highest BCUT2D eigenvalue weighted by Gasteiger charge is 2.22. The van der Waals surface area contributed by atoms with E-state index in [-0.39, 0.29) is 0 Å². The minimum absolute atomic E-state index is 0.596. The van der Waals surface area contributed by atoms with Crippen molar-refractivity contribution < 1.29 is 0 Å². The van der Waals surface area contributed by atoms with E-state index < -0.39 is 0 Å². The van der Waals surface area contributed by atoms with Gasteiger partial charge in [-0.2, -0.15) is 0 Å². The molecule has 564 valence electrons. The molecule has 0 aliphatic heterocycles. The van der Waals surface area contributed by atoms with Gasteiger partial charge < -0.3 is 0 Å². The standard InChI is InChI=1S/2C55H37N5/c1-5-17-38(18-6-1)48-29-13-14-30-49(48)39-31-33-43(34-32-39)52-56-50(40-19-7-2-8-20-40)37-51(57-52)46-27-15-25-44(35-46)45-26-16-28-47(36-45)55-59-53(41-21-9-3-10-22-41)58-54(60-55)42-23-11-4-12-24-42;1-5-19-38(20-6-1)46-31-13-14-32-47(46)48-33-15-16-34-49(48)55-59-53(41-25-11-4-12-26-41)58-54(60-55)45-30-18-28-43(36-45)42-27-17-29-44(35-42)51-37-50(39-21-7-2-8-22-39)56-52(57-51)40-23-9-3-10-24-40/h2*1-37H. The van der Waals surface area contributed by atoms with Crippen molar-refractivity contribution >= 4 is 0 Å². The average Bonchev–Trinajstić information content (AvgIpc) is 0.787. The van der Waals surface area contributed by atoms with Crippen molar-refractivity contribution in [1.82, 2.24) is 49.8 Å². The molecule has 120 heavy (non-hydrogen) atoms. The Balaban J connectivity index is 0.000000159. The first-order valence-electron chi connectivity index (χ1n) is 40.0. The predicted octanol–water partition coefficient (Wildman–Crippen LogP) is 27.3. The highest BCUT2D eigenvalue weighted by atomic mass is 15.0. The van der Waals surface area contributed by atoms with Gasteiger partial charge in [0.1, 0.15) is 0 Å². The molecule has 0 unspecified atom stereocenters. The van der Waals surface area contributed by atoms with Gasteiger partial charge in [-0.3, -0.25) is 0 Å².